The third kappa shape index (κ3) is 4.87. The number of nitrogens with zero attached hydrogens (tertiary/aromatic N) is 3. The van der Waals surface area contributed by atoms with E-state index in [0.717, 1.165) is 36.3 Å². The Morgan fingerprint density at radius 2 is 1.88 bits per heavy atom. The van der Waals surface area contributed by atoms with Gasteiger partial charge in [0.1, 0.15) is 0 Å². The zero-order valence-corrected chi connectivity index (χ0v) is 16.7. The highest BCUT2D eigenvalue weighted by Gasteiger charge is 2.26. The molecule has 1 fully saturated rings. The highest BCUT2D eigenvalue weighted by atomic mass is 35.5. The maximum absolute atomic E-state index is 12.7. The Kier molecular flexibility index (Phi) is 8.34. The van der Waals surface area contributed by atoms with Crippen molar-refractivity contribution in [3.63, 3.8) is 0 Å². The van der Waals surface area contributed by atoms with Gasteiger partial charge in [-0.3, -0.25) is 9.78 Å². The van der Waals surface area contributed by atoms with Crippen LogP contribution in [-0.4, -0.2) is 49.5 Å². The Morgan fingerprint density at radius 3 is 2.46 bits per heavy atom. The van der Waals surface area contributed by atoms with Crippen LogP contribution in [0.25, 0.3) is 11.1 Å². The van der Waals surface area contributed by atoms with Crippen LogP contribution in [0.15, 0.2) is 42.7 Å². The molecule has 0 saturated carbocycles. The normalized spacial score (nSPS) is 15.8. The molecule has 1 atom stereocenters. The first-order valence-corrected chi connectivity index (χ1v) is 8.30. The number of hydrogen-bond donors (Lipinski definition) is 1. The van der Waals surface area contributed by atoms with Crippen LogP contribution in [0.4, 0.5) is 5.69 Å². The van der Waals surface area contributed by atoms with Crippen LogP contribution in [0.3, 0.4) is 0 Å². The van der Waals surface area contributed by atoms with Gasteiger partial charge in [0.2, 0.25) is 0 Å². The molecular weight excluding hydrogens is 371 g/mol. The first-order valence-electron chi connectivity index (χ1n) is 8.30. The molecule has 0 radical (unpaired) electrons. The van der Waals surface area contributed by atoms with E-state index in [1.54, 1.807) is 12.4 Å². The van der Waals surface area contributed by atoms with Crippen molar-refractivity contribution in [2.24, 2.45) is 11.7 Å². The van der Waals surface area contributed by atoms with Gasteiger partial charge >= 0.3 is 0 Å². The van der Waals surface area contributed by atoms with Crippen LogP contribution >= 0.6 is 24.8 Å². The van der Waals surface area contributed by atoms with Crippen LogP contribution in [0.5, 0.6) is 0 Å². The van der Waals surface area contributed by atoms with Crippen molar-refractivity contribution < 1.29 is 4.79 Å². The maximum Gasteiger partial charge on any atom is 0.255 e. The van der Waals surface area contributed by atoms with E-state index in [2.05, 4.69) is 34.1 Å². The summed E-state index contributed by atoms with van der Waals surface area (Å²) in [4.78, 5) is 20.9. The Bertz CT molecular complexity index is 722. The lowest BCUT2D eigenvalue weighted by Gasteiger charge is -2.17. The fourth-order valence-electron chi connectivity index (χ4n) is 3.06. The van der Waals surface area contributed by atoms with Crippen LogP contribution in [0.2, 0.25) is 0 Å². The van der Waals surface area contributed by atoms with Crippen LogP contribution in [0, 0.1) is 5.92 Å². The SMILES string of the molecule is CN(C)c1ccc(-c2cncc(C(=O)N3CCC(CN)C3)c2)cc1.Cl.Cl. The number of carbonyl (C=O) groups excluding carboxylic acids is 1. The quantitative estimate of drug-likeness (QED) is 0.862. The molecule has 1 aliphatic heterocycles. The number of anilines is 1. The first kappa shape index (κ1) is 22.2. The van der Waals surface area contributed by atoms with Gasteiger partial charge in [0, 0.05) is 50.8 Å². The molecule has 26 heavy (non-hydrogen) atoms. The minimum Gasteiger partial charge on any atom is -0.378 e. The van der Waals surface area contributed by atoms with E-state index in [-0.39, 0.29) is 30.7 Å². The number of halogens is 2. The largest absolute Gasteiger partial charge is 0.378 e. The summed E-state index contributed by atoms with van der Waals surface area (Å²) < 4.78 is 0. The molecule has 5 nitrogen and oxygen atoms in total. The summed E-state index contributed by atoms with van der Waals surface area (Å²) in [6.07, 6.45) is 4.44. The molecule has 2 N–H and O–H groups in total. The van der Waals surface area contributed by atoms with Gasteiger partial charge in [0.05, 0.1) is 5.56 Å². The van der Waals surface area contributed by atoms with Gasteiger partial charge in [-0.25, -0.2) is 0 Å². The molecule has 2 aromatic rings. The highest BCUT2D eigenvalue weighted by molar-refractivity contribution is 5.95. The van der Waals surface area contributed by atoms with Crippen molar-refractivity contribution in [3.05, 3.63) is 48.3 Å². The molecule has 2 heterocycles. The predicted octanol–water partition coefficient (Wildman–Crippen LogP) is 3.08. The third-order valence-corrected chi connectivity index (χ3v) is 4.61. The minimum absolute atomic E-state index is 0. The molecule has 1 aromatic carbocycles. The molecule has 0 aliphatic carbocycles. The second kappa shape index (κ2) is 9.76. The lowest BCUT2D eigenvalue weighted by atomic mass is 10.0. The van der Waals surface area contributed by atoms with E-state index in [0.29, 0.717) is 18.0 Å². The van der Waals surface area contributed by atoms with Crippen molar-refractivity contribution in [3.8, 4) is 11.1 Å². The second-order valence-electron chi connectivity index (χ2n) is 6.55. The molecule has 3 rings (SSSR count). The third-order valence-electron chi connectivity index (χ3n) is 4.61. The van der Waals surface area contributed by atoms with E-state index in [1.165, 1.54) is 0 Å². The van der Waals surface area contributed by atoms with Gasteiger partial charge in [-0.05, 0) is 42.6 Å². The number of amides is 1. The zero-order chi connectivity index (χ0) is 17.1. The number of rotatable bonds is 4. The van der Waals surface area contributed by atoms with Gasteiger partial charge in [-0.1, -0.05) is 12.1 Å². The monoisotopic (exact) mass is 396 g/mol. The average molecular weight is 397 g/mol. The van der Waals surface area contributed by atoms with Crippen molar-refractivity contribution in [2.45, 2.75) is 6.42 Å². The fourth-order valence-corrected chi connectivity index (χ4v) is 3.06. The maximum atomic E-state index is 12.7. The first-order chi connectivity index (χ1) is 11.6. The molecule has 0 bridgehead atoms. The van der Waals surface area contributed by atoms with Crippen molar-refractivity contribution in [1.82, 2.24) is 9.88 Å². The van der Waals surface area contributed by atoms with Gasteiger partial charge < -0.3 is 15.5 Å². The summed E-state index contributed by atoms with van der Waals surface area (Å²) in [7, 11) is 4.03. The summed E-state index contributed by atoms with van der Waals surface area (Å²) in [6, 6.07) is 10.2. The Hall–Kier alpha value is -1.82. The van der Waals surface area contributed by atoms with Crippen LogP contribution < -0.4 is 10.6 Å². The van der Waals surface area contributed by atoms with E-state index in [4.69, 9.17) is 5.73 Å². The number of benzene rings is 1. The van der Waals surface area contributed by atoms with Crippen molar-refractivity contribution >= 4 is 36.4 Å². The Morgan fingerprint density at radius 1 is 1.19 bits per heavy atom. The Balaban J connectivity index is 0.00000169. The average Bonchev–Trinajstić information content (AvgIpc) is 3.10. The second-order valence-corrected chi connectivity index (χ2v) is 6.55. The molecule has 1 aromatic heterocycles. The summed E-state index contributed by atoms with van der Waals surface area (Å²) in [5.41, 5.74) is 9.52. The number of carbonyl (C=O) groups is 1. The van der Waals surface area contributed by atoms with Gasteiger partial charge in [-0.2, -0.15) is 0 Å². The molecule has 1 amide bonds. The van der Waals surface area contributed by atoms with Crippen LogP contribution in [-0.2, 0) is 0 Å². The predicted molar refractivity (Wildman–Crippen MR) is 112 cm³/mol. The Labute approximate surface area is 167 Å². The standard InChI is InChI=1S/C19H24N4O.2ClH/c1-22(2)18-5-3-15(4-6-18)16-9-17(12-21-11-16)19(24)23-8-7-14(10-20)13-23;;/h3-6,9,11-12,14H,7-8,10,13,20H2,1-2H3;2*1H. The smallest absolute Gasteiger partial charge is 0.255 e. The molecule has 142 valence electrons. The van der Waals surface area contributed by atoms with Crippen molar-refractivity contribution in [2.75, 3.05) is 38.6 Å². The van der Waals surface area contributed by atoms with Gasteiger partial charge in [0.25, 0.3) is 5.91 Å². The van der Waals surface area contributed by atoms with Crippen molar-refractivity contribution in [1.29, 1.82) is 0 Å². The highest BCUT2D eigenvalue weighted by Crippen LogP contribution is 2.24. The van der Waals surface area contributed by atoms with E-state index < -0.39 is 0 Å². The van der Waals surface area contributed by atoms with Crippen LogP contribution in [0.1, 0.15) is 16.8 Å². The minimum atomic E-state index is 0. The van der Waals surface area contributed by atoms with E-state index >= 15 is 0 Å². The molecule has 1 unspecified atom stereocenters. The zero-order valence-electron chi connectivity index (χ0n) is 15.1. The van der Waals surface area contributed by atoms with Gasteiger partial charge in [0.15, 0.2) is 0 Å². The number of likely N-dealkylation sites (tertiary alicyclic amines) is 1. The van der Waals surface area contributed by atoms with Gasteiger partial charge in [-0.15, -0.1) is 24.8 Å². The fraction of sp³-hybridized carbons (Fsp3) is 0.368. The molecule has 7 heteroatoms. The topological polar surface area (TPSA) is 62.5 Å². The molecular formula is C19H26Cl2N4O. The lowest BCUT2D eigenvalue weighted by molar-refractivity contribution is 0.0787. The number of nitrogens with two attached hydrogens (primary N) is 1. The summed E-state index contributed by atoms with van der Waals surface area (Å²) in [5.74, 6) is 0.467. The number of pyridine rings is 1. The van der Waals surface area contributed by atoms with E-state index in [9.17, 15) is 4.79 Å². The lowest BCUT2D eigenvalue weighted by Crippen LogP contribution is -2.29. The molecule has 1 aliphatic rings. The van der Waals surface area contributed by atoms with E-state index in [1.807, 2.05) is 25.1 Å². The number of aromatic nitrogens is 1. The summed E-state index contributed by atoms with van der Waals surface area (Å²) in [5, 5.41) is 0. The summed E-state index contributed by atoms with van der Waals surface area (Å²) in [6.45, 7) is 2.17. The molecule has 1 saturated heterocycles. The number of hydrogen-bond acceptors (Lipinski definition) is 4. The summed E-state index contributed by atoms with van der Waals surface area (Å²) >= 11 is 0. The molecule has 0 spiro atoms.